The molecule has 5 nitrogen and oxygen atoms in total. The monoisotopic (exact) mass is 310 g/mol. The highest BCUT2D eigenvalue weighted by molar-refractivity contribution is 6.29. The second kappa shape index (κ2) is 6.89. The van der Waals surface area contributed by atoms with E-state index in [4.69, 9.17) is 11.6 Å². The molecule has 1 aliphatic rings. The van der Waals surface area contributed by atoms with Crippen molar-refractivity contribution in [2.24, 2.45) is 0 Å². The minimum atomic E-state index is -0.943. The van der Waals surface area contributed by atoms with Crippen LogP contribution in [0.25, 0.3) is 0 Å². The van der Waals surface area contributed by atoms with Gasteiger partial charge in [-0.3, -0.25) is 4.79 Å². The highest BCUT2D eigenvalue weighted by Gasteiger charge is 2.31. The van der Waals surface area contributed by atoms with Crippen molar-refractivity contribution in [1.82, 2.24) is 9.88 Å². The van der Waals surface area contributed by atoms with Crippen LogP contribution in [0.1, 0.15) is 48.7 Å². The van der Waals surface area contributed by atoms with Gasteiger partial charge in [-0.25, -0.2) is 9.78 Å². The molecule has 1 aromatic heterocycles. The number of rotatable bonds is 3. The maximum absolute atomic E-state index is 12.7. The molecular weight excluding hydrogens is 292 g/mol. The lowest BCUT2D eigenvalue weighted by Crippen LogP contribution is -2.44. The molecule has 1 aromatic rings. The van der Waals surface area contributed by atoms with Gasteiger partial charge in [-0.05, 0) is 31.4 Å². The summed E-state index contributed by atoms with van der Waals surface area (Å²) >= 11 is 5.94. The molecule has 2 rings (SSSR count). The minimum Gasteiger partial charge on any atom is -0.480 e. The number of pyridine rings is 1. The number of amides is 1. The van der Waals surface area contributed by atoms with E-state index in [2.05, 4.69) is 4.98 Å². The quantitative estimate of drug-likeness (QED) is 0.871. The van der Waals surface area contributed by atoms with Gasteiger partial charge in [-0.15, -0.1) is 0 Å². The van der Waals surface area contributed by atoms with Gasteiger partial charge in [0.2, 0.25) is 0 Å². The molecular formula is C15H19ClN2O3. The summed E-state index contributed by atoms with van der Waals surface area (Å²) in [5.74, 6) is -1.22. The van der Waals surface area contributed by atoms with E-state index >= 15 is 0 Å². The van der Waals surface area contributed by atoms with Gasteiger partial charge in [0.15, 0.2) is 0 Å². The Balaban J connectivity index is 2.31. The molecule has 0 aliphatic carbocycles. The number of carboxylic acids is 1. The van der Waals surface area contributed by atoms with Gasteiger partial charge in [0.1, 0.15) is 11.2 Å². The number of hydrogen-bond acceptors (Lipinski definition) is 3. The molecule has 0 spiro atoms. The fourth-order valence-electron chi connectivity index (χ4n) is 2.63. The fourth-order valence-corrected chi connectivity index (χ4v) is 2.86. The second-order valence-electron chi connectivity index (χ2n) is 5.23. The van der Waals surface area contributed by atoms with Crippen molar-refractivity contribution in [3.63, 3.8) is 0 Å². The number of likely N-dealkylation sites (tertiary alicyclic amines) is 1. The molecule has 2 heterocycles. The van der Waals surface area contributed by atoms with Crippen molar-refractivity contribution in [1.29, 1.82) is 0 Å². The first-order chi connectivity index (χ1) is 10.0. The highest BCUT2D eigenvalue weighted by Crippen LogP contribution is 2.21. The zero-order valence-electron chi connectivity index (χ0n) is 12.0. The van der Waals surface area contributed by atoms with E-state index in [0.717, 1.165) is 25.0 Å². The first kappa shape index (κ1) is 15.8. The lowest BCUT2D eigenvalue weighted by Gasteiger charge is -2.27. The maximum atomic E-state index is 12.7. The van der Waals surface area contributed by atoms with Crippen LogP contribution in [0, 0.1) is 0 Å². The highest BCUT2D eigenvalue weighted by atomic mass is 35.5. The zero-order chi connectivity index (χ0) is 15.4. The van der Waals surface area contributed by atoms with Crippen LogP contribution in [0.15, 0.2) is 12.1 Å². The Morgan fingerprint density at radius 1 is 1.38 bits per heavy atom. The number of carbonyl (C=O) groups is 2. The topological polar surface area (TPSA) is 70.5 Å². The Labute approximate surface area is 128 Å². The maximum Gasteiger partial charge on any atom is 0.326 e. The number of aryl methyl sites for hydroxylation is 1. The zero-order valence-corrected chi connectivity index (χ0v) is 12.8. The molecule has 0 saturated carbocycles. The molecule has 0 bridgehead atoms. The Hall–Kier alpha value is -1.62. The Bertz CT molecular complexity index is 548. The van der Waals surface area contributed by atoms with Crippen LogP contribution >= 0.6 is 11.6 Å². The first-order valence-corrected chi connectivity index (χ1v) is 7.61. The van der Waals surface area contributed by atoms with Crippen molar-refractivity contribution < 1.29 is 14.7 Å². The summed E-state index contributed by atoms with van der Waals surface area (Å²) in [7, 11) is 0. The molecule has 0 aromatic carbocycles. The van der Waals surface area contributed by atoms with Crippen LogP contribution in [0.4, 0.5) is 0 Å². The summed E-state index contributed by atoms with van der Waals surface area (Å²) in [6.45, 7) is 2.40. The van der Waals surface area contributed by atoms with Crippen LogP contribution in [0.3, 0.4) is 0 Å². The molecule has 21 heavy (non-hydrogen) atoms. The smallest absolute Gasteiger partial charge is 0.326 e. The molecule has 114 valence electrons. The molecule has 1 fully saturated rings. The average Bonchev–Trinajstić information content (AvgIpc) is 2.71. The minimum absolute atomic E-state index is 0.263. The van der Waals surface area contributed by atoms with E-state index in [1.807, 2.05) is 6.92 Å². The number of nitrogens with zero attached hydrogens (tertiary/aromatic N) is 2. The molecule has 1 unspecified atom stereocenters. The van der Waals surface area contributed by atoms with Gasteiger partial charge in [-0.1, -0.05) is 31.4 Å². The van der Waals surface area contributed by atoms with Crippen LogP contribution in [0.2, 0.25) is 5.15 Å². The van der Waals surface area contributed by atoms with E-state index < -0.39 is 12.0 Å². The molecule has 6 heteroatoms. The molecule has 1 amide bonds. The van der Waals surface area contributed by atoms with E-state index in [1.54, 1.807) is 6.07 Å². The van der Waals surface area contributed by atoms with E-state index in [9.17, 15) is 14.7 Å². The summed E-state index contributed by atoms with van der Waals surface area (Å²) < 4.78 is 0. The number of hydrogen-bond donors (Lipinski definition) is 1. The Morgan fingerprint density at radius 3 is 2.81 bits per heavy atom. The number of carbonyl (C=O) groups excluding carboxylic acids is 1. The predicted octanol–water partition coefficient (Wildman–Crippen LogP) is 2.77. The van der Waals surface area contributed by atoms with Crippen LogP contribution in [-0.2, 0) is 11.2 Å². The van der Waals surface area contributed by atoms with E-state index in [-0.39, 0.29) is 11.1 Å². The molecule has 1 saturated heterocycles. The van der Waals surface area contributed by atoms with Crippen molar-refractivity contribution >= 4 is 23.5 Å². The number of aromatic nitrogens is 1. The Morgan fingerprint density at radius 2 is 2.14 bits per heavy atom. The Kier molecular flexibility index (Phi) is 5.17. The van der Waals surface area contributed by atoms with E-state index in [1.165, 1.54) is 11.0 Å². The first-order valence-electron chi connectivity index (χ1n) is 7.23. The lowest BCUT2D eigenvalue weighted by atomic mass is 10.1. The van der Waals surface area contributed by atoms with Crippen LogP contribution < -0.4 is 0 Å². The third-order valence-corrected chi connectivity index (χ3v) is 3.95. The third-order valence-electron chi connectivity index (χ3n) is 3.76. The van der Waals surface area contributed by atoms with Gasteiger partial charge >= 0.3 is 5.97 Å². The average molecular weight is 311 g/mol. The van der Waals surface area contributed by atoms with Crippen LogP contribution in [-0.4, -0.2) is 39.5 Å². The number of halogens is 1. The van der Waals surface area contributed by atoms with Gasteiger partial charge in [0.25, 0.3) is 5.91 Å². The summed E-state index contributed by atoms with van der Waals surface area (Å²) in [4.78, 5) is 29.7. The molecule has 1 aliphatic heterocycles. The SMILES string of the molecule is CCc1cc(C(=O)N2CCCCCC2C(=O)O)cc(Cl)n1. The summed E-state index contributed by atoms with van der Waals surface area (Å²) in [6, 6.07) is 2.45. The van der Waals surface area contributed by atoms with Gasteiger partial charge < -0.3 is 10.0 Å². The molecule has 0 radical (unpaired) electrons. The normalized spacial score (nSPS) is 19.1. The van der Waals surface area contributed by atoms with Gasteiger partial charge in [0.05, 0.1) is 0 Å². The summed E-state index contributed by atoms with van der Waals surface area (Å²) in [5.41, 5.74) is 1.15. The fraction of sp³-hybridized carbons (Fsp3) is 0.533. The van der Waals surface area contributed by atoms with Gasteiger partial charge in [0, 0.05) is 17.8 Å². The summed E-state index contributed by atoms with van der Waals surface area (Å²) in [5, 5.41) is 9.62. The standard InChI is InChI=1S/C15H19ClN2O3/c1-2-11-8-10(9-13(16)17-11)14(19)18-7-5-3-4-6-12(18)15(20)21/h8-9,12H,2-7H2,1H3,(H,20,21). The summed E-state index contributed by atoms with van der Waals surface area (Å²) in [6.07, 6.45) is 3.78. The number of aliphatic carboxylic acids is 1. The molecule has 1 N–H and O–H groups in total. The van der Waals surface area contributed by atoms with Gasteiger partial charge in [-0.2, -0.15) is 0 Å². The second-order valence-corrected chi connectivity index (χ2v) is 5.61. The van der Waals surface area contributed by atoms with Crippen molar-refractivity contribution in [2.75, 3.05) is 6.54 Å². The van der Waals surface area contributed by atoms with E-state index in [0.29, 0.717) is 24.9 Å². The number of carboxylic acid groups (broad SMARTS) is 1. The van der Waals surface area contributed by atoms with Crippen molar-refractivity contribution in [3.05, 3.63) is 28.5 Å². The van der Waals surface area contributed by atoms with Crippen molar-refractivity contribution in [3.8, 4) is 0 Å². The molecule has 1 atom stereocenters. The lowest BCUT2D eigenvalue weighted by molar-refractivity contribution is -0.142. The third kappa shape index (κ3) is 3.73. The van der Waals surface area contributed by atoms with Crippen molar-refractivity contribution in [2.45, 2.75) is 45.1 Å². The largest absolute Gasteiger partial charge is 0.480 e. The predicted molar refractivity (Wildman–Crippen MR) is 79.6 cm³/mol. The van der Waals surface area contributed by atoms with Crippen LogP contribution in [0.5, 0.6) is 0 Å².